The Balaban J connectivity index is 1.95. The smallest absolute Gasteiger partial charge is 0.353 e. The zero-order valence-corrected chi connectivity index (χ0v) is 16.8. The summed E-state index contributed by atoms with van der Waals surface area (Å²) in [5, 5.41) is 4.39. The molecule has 2 atom stereocenters. The van der Waals surface area contributed by atoms with Gasteiger partial charge in [-0.15, -0.1) is 5.10 Å². The molecule has 1 aromatic carbocycles. The van der Waals surface area contributed by atoms with Crippen molar-refractivity contribution in [1.82, 2.24) is 19.2 Å². The Bertz CT molecular complexity index is 1090. The second-order valence-electron chi connectivity index (χ2n) is 7.54. The van der Waals surface area contributed by atoms with Crippen LogP contribution in [0.5, 0.6) is 0 Å². The summed E-state index contributed by atoms with van der Waals surface area (Å²) >= 11 is 0. The van der Waals surface area contributed by atoms with Crippen LogP contribution in [0.15, 0.2) is 35.1 Å². The SMILES string of the molecule is C[C@@H]1CN(c2c(-c3ccccc3)nc(N)n3c(=O)n(CCC(F)F)nc23)C[C@H](C)O1. The summed E-state index contributed by atoms with van der Waals surface area (Å²) in [6.45, 7) is 4.89. The van der Waals surface area contributed by atoms with Gasteiger partial charge in [0.05, 0.1) is 18.8 Å². The largest absolute Gasteiger partial charge is 0.372 e. The average molecular weight is 418 g/mol. The molecule has 0 unspecified atom stereocenters. The van der Waals surface area contributed by atoms with Gasteiger partial charge in [0.25, 0.3) is 0 Å². The van der Waals surface area contributed by atoms with E-state index >= 15 is 0 Å². The number of nitrogens with two attached hydrogens (primary N) is 1. The van der Waals surface area contributed by atoms with Gasteiger partial charge in [0, 0.05) is 25.1 Å². The summed E-state index contributed by atoms with van der Waals surface area (Å²) in [5.74, 6) is -0.0322. The summed E-state index contributed by atoms with van der Waals surface area (Å²) in [5.41, 5.74) is 7.91. The van der Waals surface area contributed by atoms with Crippen molar-refractivity contribution in [3.05, 3.63) is 40.8 Å². The van der Waals surface area contributed by atoms with Crippen molar-refractivity contribution in [2.24, 2.45) is 0 Å². The molecular formula is C20H24F2N6O2. The average Bonchev–Trinajstić information content (AvgIpc) is 3.03. The Morgan fingerprint density at radius 1 is 1.20 bits per heavy atom. The maximum Gasteiger partial charge on any atom is 0.353 e. The summed E-state index contributed by atoms with van der Waals surface area (Å²) in [7, 11) is 0. The number of nitrogens with zero attached hydrogens (tertiary/aromatic N) is 5. The van der Waals surface area contributed by atoms with E-state index in [-0.39, 0.29) is 24.7 Å². The van der Waals surface area contributed by atoms with E-state index in [2.05, 4.69) is 15.0 Å². The fourth-order valence-corrected chi connectivity index (χ4v) is 3.91. The first-order chi connectivity index (χ1) is 14.3. The van der Waals surface area contributed by atoms with Crippen LogP contribution in [0.25, 0.3) is 16.9 Å². The third kappa shape index (κ3) is 3.74. The molecule has 1 saturated heterocycles. The first-order valence-corrected chi connectivity index (χ1v) is 9.88. The van der Waals surface area contributed by atoms with E-state index in [1.807, 2.05) is 44.2 Å². The minimum atomic E-state index is -2.53. The Morgan fingerprint density at radius 2 is 1.87 bits per heavy atom. The first-order valence-electron chi connectivity index (χ1n) is 9.88. The first kappa shape index (κ1) is 20.3. The summed E-state index contributed by atoms with van der Waals surface area (Å²) in [6, 6.07) is 9.48. The molecule has 1 aliphatic rings. The molecule has 160 valence electrons. The van der Waals surface area contributed by atoms with Gasteiger partial charge in [0.2, 0.25) is 12.4 Å². The Morgan fingerprint density at radius 3 is 2.50 bits per heavy atom. The quantitative estimate of drug-likeness (QED) is 0.684. The van der Waals surface area contributed by atoms with E-state index in [4.69, 9.17) is 10.5 Å². The van der Waals surface area contributed by atoms with Crippen LogP contribution in [-0.4, -0.2) is 50.9 Å². The zero-order valence-electron chi connectivity index (χ0n) is 16.8. The molecule has 10 heteroatoms. The number of benzene rings is 1. The zero-order chi connectivity index (χ0) is 21.4. The highest BCUT2D eigenvalue weighted by Crippen LogP contribution is 2.34. The normalized spacial score (nSPS) is 19.7. The third-order valence-electron chi connectivity index (χ3n) is 5.07. The lowest BCUT2D eigenvalue weighted by atomic mass is 10.1. The molecule has 3 heterocycles. The van der Waals surface area contributed by atoms with E-state index < -0.39 is 18.5 Å². The predicted octanol–water partition coefficient (Wildman–Crippen LogP) is 2.41. The number of aryl methyl sites for hydroxylation is 1. The van der Waals surface area contributed by atoms with Gasteiger partial charge in [0.15, 0.2) is 5.65 Å². The standard InChI is InChI=1S/C20H24F2N6O2/c1-12-10-26(11-13(2)30-12)17-16(14-6-4-3-5-7-14)24-19(23)28-18(17)25-27(20(28)29)9-8-15(21)22/h3-7,12-13,15H,8-11H2,1-2H3,(H2,23,24)/t12-,13+. The van der Waals surface area contributed by atoms with E-state index in [1.54, 1.807) is 0 Å². The minimum absolute atomic E-state index is 0.0322. The van der Waals surface area contributed by atoms with Crippen molar-refractivity contribution < 1.29 is 13.5 Å². The van der Waals surface area contributed by atoms with Crippen LogP contribution in [0.2, 0.25) is 0 Å². The van der Waals surface area contributed by atoms with Gasteiger partial charge in [-0.2, -0.15) is 0 Å². The molecule has 3 aromatic rings. The summed E-state index contributed by atoms with van der Waals surface area (Å²) in [6.07, 6.45) is -3.08. The van der Waals surface area contributed by atoms with Crippen molar-refractivity contribution in [2.45, 2.75) is 45.4 Å². The number of ether oxygens (including phenoxy) is 1. The number of halogens is 2. The highest BCUT2D eigenvalue weighted by atomic mass is 19.3. The summed E-state index contributed by atoms with van der Waals surface area (Å²) < 4.78 is 33.5. The lowest BCUT2D eigenvalue weighted by Crippen LogP contribution is -2.46. The van der Waals surface area contributed by atoms with Crippen LogP contribution >= 0.6 is 0 Å². The number of morpholine rings is 1. The van der Waals surface area contributed by atoms with Crippen molar-refractivity contribution in [3.63, 3.8) is 0 Å². The van der Waals surface area contributed by atoms with Gasteiger partial charge in [-0.1, -0.05) is 30.3 Å². The molecular weight excluding hydrogens is 394 g/mol. The number of anilines is 2. The molecule has 1 aliphatic heterocycles. The maximum absolute atomic E-state index is 12.8. The van der Waals surface area contributed by atoms with Crippen molar-refractivity contribution in [3.8, 4) is 11.3 Å². The number of aromatic nitrogens is 4. The maximum atomic E-state index is 12.8. The molecule has 1 fully saturated rings. The molecule has 0 radical (unpaired) electrons. The summed E-state index contributed by atoms with van der Waals surface area (Å²) in [4.78, 5) is 19.4. The van der Waals surface area contributed by atoms with Crippen LogP contribution in [-0.2, 0) is 11.3 Å². The van der Waals surface area contributed by atoms with Crippen molar-refractivity contribution in [2.75, 3.05) is 23.7 Å². The molecule has 8 nitrogen and oxygen atoms in total. The lowest BCUT2D eigenvalue weighted by Gasteiger charge is -2.37. The Labute approximate surface area is 171 Å². The topological polar surface area (TPSA) is 90.7 Å². The van der Waals surface area contributed by atoms with Crippen molar-refractivity contribution >= 4 is 17.3 Å². The van der Waals surface area contributed by atoms with Gasteiger partial charge in [-0.25, -0.2) is 27.6 Å². The minimum Gasteiger partial charge on any atom is -0.372 e. The number of nitrogen functional groups attached to an aromatic ring is 1. The highest BCUT2D eigenvalue weighted by Gasteiger charge is 2.29. The molecule has 0 saturated carbocycles. The predicted molar refractivity (Wildman–Crippen MR) is 110 cm³/mol. The van der Waals surface area contributed by atoms with Crippen LogP contribution in [0.1, 0.15) is 20.3 Å². The van der Waals surface area contributed by atoms with Gasteiger partial charge < -0.3 is 15.4 Å². The van der Waals surface area contributed by atoms with E-state index in [1.165, 1.54) is 4.40 Å². The van der Waals surface area contributed by atoms with Gasteiger partial charge in [-0.05, 0) is 13.8 Å². The molecule has 0 aliphatic carbocycles. The van der Waals surface area contributed by atoms with Crippen LogP contribution < -0.4 is 16.3 Å². The number of rotatable bonds is 5. The Kier molecular flexibility index (Phi) is 5.42. The fourth-order valence-electron chi connectivity index (χ4n) is 3.91. The second-order valence-corrected chi connectivity index (χ2v) is 7.54. The van der Waals surface area contributed by atoms with Gasteiger partial charge >= 0.3 is 5.69 Å². The number of hydrogen-bond donors (Lipinski definition) is 1. The van der Waals surface area contributed by atoms with Crippen LogP contribution in [0.3, 0.4) is 0 Å². The number of fused-ring (bicyclic) bond motifs is 1. The van der Waals surface area contributed by atoms with Gasteiger partial charge in [0.1, 0.15) is 11.4 Å². The van der Waals surface area contributed by atoms with Crippen LogP contribution in [0.4, 0.5) is 20.4 Å². The van der Waals surface area contributed by atoms with E-state index in [0.29, 0.717) is 30.1 Å². The highest BCUT2D eigenvalue weighted by molar-refractivity contribution is 5.86. The molecule has 2 N–H and O–H groups in total. The van der Waals surface area contributed by atoms with Crippen LogP contribution in [0, 0.1) is 0 Å². The molecule has 2 aromatic heterocycles. The fraction of sp³-hybridized carbons (Fsp3) is 0.450. The molecule has 30 heavy (non-hydrogen) atoms. The lowest BCUT2D eigenvalue weighted by molar-refractivity contribution is -0.00514. The Hall–Kier alpha value is -3.01. The molecule has 0 spiro atoms. The second kappa shape index (κ2) is 8.02. The number of hydrogen-bond acceptors (Lipinski definition) is 6. The van der Waals surface area contributed by atoms with E-state index in [9.17, 15) is 13.6 Å². The number of alkyl halides is 2. The molecule has 4 rings (SSSR count). The third-order valence-corrected chi connectivity index (χ3v) is 5.07. The monoisotopic (exact) mass is 418 g/mol. The van der Waals surface area contributed by atoms with E-state index in [0.717, 1.165) is 10.2 Å². The van der Waals surface area contributed by atoms with Gasteiger partial charge in [-0.3, -0.25) is 0 Å². The van der Waals surface area contributed by atoms with Crippen molar-refractivity contribution in [1.29, 1.82) is 0 Å². The molecule has 0 bridgehead atoms. The molecule has 0 amide bonds.